The lowest BCUT2D eigenvalue weighted by Crippen LogP contribution is -2.12. The molecule has 1 N–H and O–H groups in total. The number of rotatable bonds is 6. The zero-order valence-electron chi connectivity index (χ0n) is 12.2. The number of hydrogen-bond acceptors (Lipinski definition) is 4. The van der Waals surface area contributed by atoms with E-state index in [2.05, 4.69) is 10.1 Å². The normalized spacial score (nSPS) is 12.7. The first-order valence-electron chi connectivity index (χ1n) is 6.91. The van der Waals surface area contributed by atoms with Crippen LogP contribution in [-0.4, -0.2) is 26.5 Å². The van der Waals surface area contributed by atoms with Gasteiger partial charge < -0.3 is 9.84 Å². The SMILES string of the molecule is CCOc1ccc(C(O)Cc2ncnn2C(C)C)cc1. The van der Waals surface area contributed by atoms with Crippen molar-refractivity contribution in [2.24, 2.45) is 0 Å². The highest BCUT2D eigenvalue weighted by molar-refractivity contribution is 5.28. The summed E-state index contributed by atoms with van der Waals surface area (Å²) in [5.74, 6) is 1.61. The van der Waals surface area contributed by atoms with Crippen molar-refractivity contribution in [2.75, 3.05) is 6.61 Å². The lowest BCUT2D eigenvalue weighted by Gasteiger charge is -2.14. The van der Waals surface area contributed by atoms with Gasteiger partial charge >= 0.3 is 0 Å². The van der Waals surface area contributed by atoms with E-state index >= 15 is 0 Å². The molecular formula is C15H21N3O2. The molecule has 5 heteroatoms. The standard InChI is InChI=1S/C15H21N3O2/c1-4-20-13-7-5-12(6-8-13)14(19)9-15-16-10-17-18(15)11(2)3/h5-8,10-11,14,19H,4,9H2,1-3H3. The number of benzene rings is 1. The Bertz CT molecular complexity index is 534. The maximum Gasteiger partial charge on any atom is 0.138 e. The third-order valence-corrected chi connectivity index (χ3v) is 3.09. The fourth-order valence-corrected chi connectivity index (χ4v) is 2.10. The number of aliphatic hydroxyl groups excluding tert-OH is 1. The Balaban J connectivity index is 2.07. The molecule has 5 nitrogen and oxygen atoms in total. The molecule has 0 aliphatic heterocycles. The second kappa shape index (κ2) is 6.52. The van der Waals surface area contributed by atoms with Gasteiger partial charge in [-0.1, -0.05) is 12.1 Å². The van der Waals surface area contributed by atoms with Gasteiger partial charge in [-0.25, -0.2) is 9.67 Å². The quantitative estimate of drug-likeness (QED) is 0.880. The van der Waals surface area contributed by atoms with E-state index in [4.69, 9.17) is 4.74 Å². The Morgan fingerprint density at radius 3 is 2.55 bits per heavy atom. The molecule has 1 unspecified atom stereocenters. The molecule has 0 aliphatic carbocycles. The molecule has 108 valence electrons. The molecule has 0 saturated heterocycles. The molecule has 1 atom stereocenters. The minimum absolute atomic E-state index is 0.236. The molecule has 1 aromatic heterocycles. The van der Waals surface area contributed by atoms with Crippen LogP contribution in [0.5, 0.6) is 5.75 Å². The smallest absolute Gasteiger partial charge is 0.138 e. The first-order chi connectivity index (χ1) is 9.61. The van der Waals surface area contributed by atoms with E-state index in [0.717, 1.165) is 17.1 Å². The van der Waals surface area contributed by atoms with Crippen molar-refractivity contribution in [1.82, 2.24) is 14.8 Å². The van der Waals surface area contributed by atoms with Crippen LogP contribution in [0.25, 0.3) is 0 Å². The number of aromatic nitrogens is 3. The summed E-state index contributed by atoms with van der Waals surface area (Å²) < 4.78 is 7.22. The number of aliphatic hydroxyl groups is 1. The molecule has 0 fully saturated rings. The number of hydrogen-bond donors (Lipinski definition) is 1. The Morgan fingerprint density at radius 1 is 1.25 bits per heavy atom. The Labute approximate surface area is 119 Å². The van der Waals surface area contributed by atoms with Crippen molar-refractivity contribution in [3.05, 3.63) is 42.0 Å². The van der Waals surface area contributed by atoms with Gasteiger partial charge in [0.2, 0.25) is 0 Å². The second-order valence-electron chi connectivity index (χ2n) is 4.94. The zero-order valence-corrected chi connectivity index (χ0v) is 12.2. The predicted molar refractivity (Wildman–Crippen MR) is 76.7 cm³/mol. The third kappa shape index (κ3) is 3.36. The third-order valence-electron chi connectivity index (χ3n) is 3.09. The first kappa shape index (κ1) is 14.5. The minimum atomic E-state index is -0.590. The van der Waals surface area contributed by atoms with E-state index in [9.17, 15) is 5.11 Å². The molecule has 0 radical (unpaired) electrons. The molecule has 0 bridgehead atoms. The minimum Gasteiger partial charge on any atom is -0.494 e. The summed E-state index contributed by atoms with van der Waals surface area (Å²) in [6.07, 6.45) is 1.39. The van der Waals surface area contributed by atoms with Crippen LogP contribution in [0.2, 0.25) is 0 Å². The van der Waals surface area contributed by atoms with Crippen LogP contribution in [0.3, 0.4) is 0 Å². The molecule has 0 spiro atoms. The molecule has 1 aromatic carbocycles. The summed E-state index contributed by atoms with van der Waals surface area (Å²) in [4.78, 5) is 4.22. The van der Waals surface area contributed by atoms with Gasteiger partial charge in [-0.05, 0) is 38.5 Å². The lowest BCUT2D eigenvalue weighted by molar-refractivity contribution is 0.173. The maximum absolute atomic E-state index is 10.3. The Kier molecular flexibility index (Phi) is 4.74. The highest BCUT2D eigenvalue weighted by Crippen LogP contribution is 2.21. The molecule has 2 rings (SSSR count). The van der Waals surface area contributed by atoms with Crippen LogP contribution in [0.1, 0.15) is 44.3 Å². The van der Waals surface area contributed by atoms with Crippen molar-refractivity contribution < 1.29 is 9.84 Å². The van der Waals surface area contributed by atoms with Crippen LogP contribution in [-0.2, 0) is 6.42 Å². The van der Waals surface area contributed by atoms with Gasteiger partial charge in [0.25, 0.3) is 0 Å². The number of ether oxygens (including phenoxy) is 1. The van der Waals surface area contributed by atoms with E-state index in [0.29, 0.717) is 13.0 Å². The fraction of sp³-hybridized carbons (Fsp3) is 0.467. The highest BCUT2D eigenvalue weighted by atomic mass is 16.5. The molecule has 0 aliphatic rings. The van der Waals surface area contributed by atoms with Gasteiger partial charge in [0.05, 0.1) is 12.7 Å². The Morgan fingerprint density at radius 2 is 1.95 bits per heavy atom. The maximum atomic E-state index is 10.3. The van der Waals surface area contributed by atoms with Crippen LogP contribution >= 0.6 is 0 Å². The topological polar surface area (TPSA) is 60.2 Å². The largest absolute Gasteiger partial charge is 0.494 e. The van der Waals surface area contributed by atoms with Crippen LogP contribution in [0, 0.1) is 0 Å². The first-order valence-corrected chi connectivity index (χ1v) is 6.91. The summed E-state index contributed by atoms with van der Waals surface area (Å²) in [5.41, 5.74) is 0.853. The molecular weight excluding hydrogens is 254 g/mol. The predicted octanol–water partition coefficient (Wildman–Crippen LogP) is 2.53. The summed E-state index contributed by atoms with van der Waals surface area (Å²) in [6.45, 7) is 6.67. The Hall–Kier alpha value is -1.88. The van der Waals surface area contributed by atoms with Crippen LogP contribution < -0.4 is 4.74 Å². The van der Waals surface area contributed by atoms with Gasteiger partial charge in [-0.15, -0.1) is 0 Å². The summed E-state index contributed by atoms with van der Waals surface area (Å²) in [7, 11) is 0. The van der Waals surface area contributed by atoms with E-state index in [-0.39, 0.29) is 6.04 Å². The molecule has 0 amide bonds. The average Bonchev–Trinajstić information content (AvgIpc) is 2.88. The summed E-state index contributed by atoms with van der Waals surface area (Å²) in [6, 6.07) is 7.74. The monoisotopic (exact) mass is 275 g/mol. The van der Waals surface area contributed by atoms with Crippen molar-refractivity contribution in [3.8, 4) is 5.75 Å². The second-order valence-corrected chi connectivity index (χ2v) is 4.94. The van der Waals surface area contributed by atoms with Crippen molar-refractivity contribution in [1.29, 1.82) is 0 Å². The summed E-state index contributed by atoms with van der Waals surface area (Å²) >= 11 is 0. The summed E-state index contributed by atoms with van der Waals surface area (Å²) in [5, 5.41) is 14.5. The van der Waals surface area contributed by atoms with E-state index in [1.54, 1.807) is 0 Å². The lowest BCUT2D eigenvalue weighted by atomic mass is 10.1. The van der Waals surface area contributed by atoms with Gasteiger partial charge in [-0.2, -0.15) is 5.10 Å². The van der Waals surface area contributed by atoms with E-state index in [1.807, 2.05) is 49.7 Å². The van der Waals surface area contributed by atoms with Crippen molar-refractivity contribution >= 4 is 0 Å². The number of nitrogens with zero attached hydrogens (tertiary/aromatic N) is 3. The molecule has 0 saturated carbocycles. The van der Waals surface area contributed by atoms with Crippen molar-refractivity contribution in [2.45, 2.75) is 39.3 Å². The highest BCUT2D eigenvalue weighted by Gasteiger charge is 2.14. The van der Waals surface area contributed by atoms with E-state index < -0.39 is 6.10 Å². The zero-order chi connectivity index (χ0) is 14.5. The average molecular weight is 275 g/mol. The van der Waals surface area contributed by atoms with Gasteiger partial charge in [-0.3, -0.25) is 0 Å². The van der Waals surface area contributed by atoms with Crippen LogP contribution in [0.15, 0.2) is 30.6 Å². The van der Waals surface area contributed by atoms with Gasteiger partial charge in [0, 0.05) is 12.5 Å². The molecule has 1 heterocycles. The van der Waals surface area contributed by atoms with Gasteiger partial charge in [0.1, 0.15) is 17.9 Å². The molecule has 20 heavy (non-hydrogen) atoms. The van der Waals surface area contributed by atoms with Gasteiger partial charge in [0.15, 0.2) is 0 Å². The van der Waals surface area contributed by atoms with Crippen LogP contribution in [0.4, 0.5) is 0 Å². The fourth-order valence-electron chi connectivity index (χ4n) is 2.10. The van der Waals surface area contributed by atoms with Crippen molar-refractivity contribution in [3.63, 3.8) is 0 Å². The molecule has 2 aromatic rings. The van der Waals surface area contributed by atoms with E-state index in [1.165, 1.54) is 6.33 Å².